The molecule has 3 aliphatic rings. The normalized spacial score (nSPS) is 26.1. The van der Waals surface area contributed by atoms with Crippen molar-refractivity contribution in [1.82, 2.24) is 9.97 Å². The molecule has 2 atom stereocenters. The number of nitrogens with one attached hydrogen (secondary N) is 1. The largest absolute Gasteiger partial charge is 0.469 e. The van der Waals surface area contributed by atoms with Gasteiger partial charge in [0, 0.05) is 11.6 Å². The summed E-state index contributed by atoms with van der Waals surface area (Å²) in [6.07, 6.45) is 4.04. The smallest absolute Gasteiger partial charge is 0.311 e. The molecule has 1 N–H and O–H groups in total. The summed E-state index contributed by atoms with van der Waals surface area (Å²) < 4.78 is 20.3. The first kappa shape index (κ1) is 19.1. The van der Waals surface area contributed by atoms with Gasteiger partial charge in [0.1, 0.15) is 5.69 Å². The van der Waals surface area contributed by atoms with Crippen LogP contribution in [0, 0.1) is 30.5 Å². The Kier molecular flexibility index (Phi) is 5.23. The fourth-order valence-electron chi connectivity index (χ4n) is 4.71. The summed E-state index contributed by atoms with van der Waals surface area (Å²) in [5.74, 6) is -0.517. The highest BCUT2D eigenvalue weighted by Gasteiger charge is 2.48. The van der Waals surface area contributed by atoms with E-state index in [1.54, 1.807) is 12.1 Å². The molecule has 5 rings (SSSR count). The van der Waals surface area contributed by atoms with E-state index < -0.39 is 5.82 Å². The average Bonchev–Trinajstić information content (AvgIpc) is 2.71. The number of esters is 1. The van der Waals surface area contributed by atoms with Gasteiger partial charge in [-0.15, -0.1) is 0 Å². The quantitative estimate of drug-likeness (QED) is 0.595. The van der Waals surface area contributed by atoms with Gasteiger partial charge >= 0.3 is 5.97 Å². The zero-order valence-corrected chi connectivity index (χ0v) is 16.7. The van der Waals surface area contributed by atoms with Crippen molar-refractivity contribution in [1.29, 1.82) is 0 Å². The van der Waals surface area contributed by atoms with Crippen LogP contribution >= 0.6 is 11.6 Å². The Morgan fingerprint density at radius 3 is 2.43 bits per heavy atom. The van der Waals surface area contributed by atoms with Gasteiger partial charge in [0.25, 0.3) is 0 Å². The number of carbonyl (C=O) groups excluding carboxylic acids is 1. The van der Waals surface area contributed by atoms with E-state index in [2.05, 4.69) is 15.3 Å². The molecule has 2 aromatic rings. The molecule has 0 spiro atoms. The molecule has 1 aromatic carbocycles. The Labute approximate surface area is 168 Å². The van der Waals surface area contributed by atoms with Crippen molar-refractivity contribution in [2.45, 2.75) is 38.6 Å². The van der Waals surface area contributed by atoms with E-state index in [1.165, 1.54) is 7.11 Å². The van der Waals surface area contributed by atoms with E-state index in [0.717, 1.165) is 31.2 Å². The summed E-state index contributed by atoms with van der Waals surface area (Å²) in [6, 6.07) is 7.18. The number of methoxy groups -OCH3 is 1. The molecule has 3 aliphatic carbocycles. The molecule has 5 nitrogen and oxygen atoms in total. The van der Waals surface area contributed by atoms with E-state index in [4.69, 9.17) is 16.3 Å². The summed E-state index contributed by atoms with van der Waals surface area (Å²) in [5.41, 5.74) is 1.85. The van der Waals surface area contributed by atoms with Gasteiger partial charge in [0.05, 0.1) is 13.0 Å². The summed E-state index contributed by atoms with van der Waals surface area (Å²) >= 11 is 6.11. The molecule has 3 fully saturated rings. The third-order valence-corrected chi connectivity index (χ3v) is 6.31. The third kappa shape index (κ3) is 3.46. The Morgan fingerprint density at radius 2 is 1.79 bits per heavy atom. The van der Waals surface area contributed by atoms with E-state index in [9.17, 15) is 4.79 Å². The number of nitrogens with zero attached hydrogens (tertiary/aromatic N) is 2. The number of hydrogen-bond acceptors (Lipinski definition) is 5. The monoisotopic (exact) mass is 403 g/mol. The highest BCUT2D eigenvalue weighted by molar-refractivity contribution is 6.28. The van der Waals surface area contributed by atoms with Crippen LogP contribution < -0.4 is 5.32 Å². The van der Waals surface area contributed by atoms with E-state index >= 15 is 4.39 Å². The van der Waals surface area contributed by atoms with Crippen LogP contribution in [0.15, 0.2) is 24.3 Å². The van der Waals surface area contributed by atoms with Gasteiger partial charge < -0.3 is 10.1 Å². The minimum absolute atomic E-state index is 0.0324. The molecule has 28 heavy (non-hydrogen) atoms. The van der Waals surface area contributed by atoms with Gasteiger partial charge in [-0.05, 0) is 56.0 Å². The second kappa shape index (κ2) is 7.66. The molecular weight excluding hydrogens is 381 g/mol. The fraction of sp³-hybridized carbons (Fsp3) is 0.476. The van der Waals surface area contributed by atoms with Gasteiger partial charge in [-0.1, -0.05) is 29.8 Å². The van der Waals surface area contributed by atoms with Crippen molar-refractivity contribution < 1.29 is 13.9 Å². The minimum Gasteiger partial charge on any atom is -0.469 e. The number of rotatable bonds is 4. The molecule has 7 heteroatoms. The highest BCUT2D eigenvalue weighted by atomic mass is 35.5. The second-order valence-electron chi connectivity index (χ2n) is 7.76. The maximum Gasteiger partial charge on any atom is 0.311 e. The number of aryl methyl sites for hydroxylation is 1. The number of ether oxygens (including phenoxy) is 1. The molecular formula is C21H23ClFN3O2. The zero-order valence-electron chi connectivity index (χ0n) is 15.9. The molecule has 1 aromatic heterocycles. The van der Waals surface area contributed by atoms with Crippen molar-refractivity contribution in [2.24, 2.45) is 17.8 Å². The van der Waals surface area contributed by atoms with E-state index in [1.807, 2.05) is 19.1 Å². The van der Waals surface area contributed by atoms with E-state index in [-0.39, 0.29) is 46.6 Å². The van der Waals surface area contributed by atoms with Crippen molar-refractivity contribution in [3.05, 3.63) is 40.9 Å². The van der Waals surface area contributed by atoms with Gasteiger partial charge in [-0.2, -0.15) is 4.98 Å². The van der Waals surface area contributed by atoms with Crippen molar-refractivity contribution in [2.75, 3.05) is 12.4 Å². The number of carbonyl (C=O) groups is 1. The molecule has 0 amide bonds. The average molecular weight is 404 g/mol. The minimum atomic E-state index is -0.557. The molecule has 3 saturated carbocycles. The van der Waals surface area contributed by atoms with E-state index in [0.29, 0.717) is 5.56 Å². The molecule has 2 unspecified atom stereocenters. The van der Waals surface area contributed by atoms with Gasteiger partial charge in [-0.3, -0.25) is 4.79 Å². The summed E-state index contributed by atoms with van der Waals surface area (Å²) in [6.45, 7) is 1.96. The van der Waals surface area contributed by atoms with Crippen LogP contribution in [0.5, 0.6) is 0 Å². The van der Waals surface area contributed by atoms with Crippen LogP contribution in [0.3, 0.4) is 0 Å². The summed E-state index contributed by atoms with van der Waals surface area (Å²) in [4.78, 5) is 20.6. The predicted octanol–water partition coefficient (Wildman–Crippen LogP) is 4.63. The number of hydrogen-bond donors (Lipinski definition) is 1. The lowest BCUT2D eigenvalue weighted by atomic mass is 9.61. The van der Waals surface area contributed by atoms with Crippen LogP contribution in [0.4, 0.5) is 10.2 Å². The number of aromatic nitrogens is 2. The number of benzene rings is 1. The van der Waals surface area contributed by atoms with Crippen LogP contribution in [-0.4, -0.2) is 29.1 Å². The Morgan fingerprint density at radius 1 is 1.14 bits per heavy atom. The maximum absolute atomic E-state index is 15.3. The Balaban J connectivity index is 1.69. The lowest BCUT2D eigenvalue weighted by Crippen LogP contribution is -2.52. The van der Waals surface area contributed by atoms with Crippen LogP contribution in [0.1, 0.15) is 31.2 Å². The Bertz CT molecular complexity index is 882. The van der Waals surface area contributed by atoms with Crippen molar-refractivity contribution >= 4 is 23.4 Å². The first-order valence-corrected chi connectivity index (χ1v) is 10.00. The lowest BCUT2D eigenvalue weighted by Gasteiger charge is -2.47. The standard InChI is InChI=1S/C21H23ClFN3O2/c1-11-3-5-14(6-4-11)18-16(23)19(26-21(22)25-18)24-17-13-9-7-12(8-10-13)15(17)20(27)28-2/h3-6,12-13,15,17H,7-10H2,1-2H3,(H,24,25,26). The SMILES string of the molecule is COC(=O)C1C2CCC(CC2)C1Nc1nc(Cl)nc(-c2ccc(C)cc2)c1F. The maximum atomic E-state index is 15.3. The molecule has 1 heterocycles. The number of anilines is 1. The van der Waals surface area contributed by atoms with Crippen LogP contribution in [-0.2, 0) is 9.53 Å². The van der Waals surface area contributed by atoms with Gasteiger partial charge in [-0.25, -0.2) is 9.37 Å². The zero-order chi connectivity index (χ0) is 19.8. The van der Waals surface area contributed by atoms with Crippen molar-refractivity contribution in [3.8, 4) is 11.3 Å². The molecule has 148 valence electrons. The lowest BCUT2D eigenvalue weighted by molar-refractivity contribution is -0.152. The number of fused-ring (bicyclic) bond motifs is 3. The first-order valence-electron chi connectivity index (χ1n) is 9.62. The highest BCUT2D eigenvalue weighted by Crippen LogP contribution is 2.47. The summed E-state index contributed by atoms with van der Waals surface area (Å²) in [7, 11) is 1.40. The third-order valence-electron chi connectivity index (χ3n) is 6.14. The molecule has 0 saturated heterocycles. The van der Waals surface area contributed by atoms with Crippen LogP contribution in [0.2, 0.25) is 5.28 Å². The predicted molar refractivity (Wildman–Crippen MR) is 106 cm³/mol. The molecule has 2 bridgehead atoms. The Hall–Kier alpha value is -2.21. The fourth-order valence-corrected chi connectivity index (χ4v) is 4.88. The molecule has 0 radical (unpaired) electrons. The second-order valence-corrected chi connectivity index (χ2v) is 8.10. The summed E-state index contributed by atoms with van der Waals surface area (Å²) in [5, 5.41) is 3.16. The first-order chi connectivity index (χ1) is 13.5. The topological polar surface area (TPSA) is 64.1 Å². The van der Waals surface area contributed by atoms with Gasteiger partial charge in [0.15, 0.2) is 11.6 Å². The van der Waals surface area contributed by atoms with Crippen molar-refractivity contribution in [3.63, 3.8) is 0 Å². The van der Waals surface area contributed by atoms with Crippen LogP contribution in [0.25, 0.3) is 11.3 Å². The molecule has 0 aliphatic heterocycles. The van der Waals surface area contributed by atoms with Gasteiger partial charge in [0.2, 0.25) is 5.28 Å². The number of halogens is 2.